The second-order valence-electron chi connectivity index (χ2n) is 7.48. The van der Waals surface area contributed by atoms with Gasteiger partial charge in [0, 0.05) is 29.9 Å². The minimum absolute atomic E-state index is 0.0491. The smallest absolute Gasteiger partial charge is 0.0968 e. The van der Waals surface area contributed by atoms with Crippen molar-refractivity contribution in [3.05, 3.63) is 89.5 Å². The maximum atomic E-state index is 13.7. The highest BCUT2D eigenvalue weighted by atomic mass is 32.2. The third kappa shape index (κ3) is 5.81. The van der Waals surface area contributed by atoms with Gasteiger partial charge in [0.15, 0.2) is 0 Å². The van der Waals surface area contributed by atoms with Gasteiger partial charge in [-0.1, -0.05) is 30.3 Å². The Morgan fingerprint density at radius 2 is 1.83 bits per heavy atom. The van der Waals surface area contributed by atoms with Gasteiger partial charge >= 0.3 is 0 Å². The van der Waals surface area contributed by atoms with Crippen LogP contribution < -0.4 is 11.1 Å². The fourth-order valence-corrected chi connectivity index (χ4v) is 5.17. The Morgan fingerprint density at radius 3 is 2.50 bits per heavy atom. The molecule has 5 nitrogen and oxygen atoms in total. The number of nitrogens with zero attached hydrogens (tertiary/aromatic N) is 2. The van der Waals surface area contributed by atoms with E-state index in [2.05, 4.69) is 28.3 Å². The molecule has 0 aliphatic rings. The molecule has 30 heavy (non-hydrogen) atoms. The highest BCUT2D eigenvalue weighted by Crippen LogP contribution is 2.29. The second-order valence-corrected chi connectivity index (χ2v) is 9.05. The van der Waals surface area contributed by atoms with Gasteiger partial charge < -0.3 is 11.1 Å². The molecular weight excluding hydrogens is 392 g/mol. The quantitative estimate of drug-likeness (QED) is 0.519. The van der Waals surface area contributed by atoms with Crippen molar-refractivity contribution in [1.82, 2.24) is 15.3 Å². The summed E-state index contributed by atoms with van der Waals surface area (Å²) < 4.78 is 13.7. The molecule has 0 spiro atoms. The molecule has 6 heteroatoms. The van der Waals surface area contributed by atoms with Gasteiger partial charge in [0.05, 0.1) is 27.4 Å². The minimum Gasteiger partial charge on any atom is -0.330 e. The zero-order valence-corrected chi connectivity index (χ0v) is 18.4. The summed E-state index contributed by atoms with van der Waals surface area (Å²) in [5, 5.41) is 3.34. The Labute approximate surface area is 181 Å². The predicted octanol–water partition coefficient (Wildman–Crippen LogP) is 3.84. The van der Waals surface area contributed by atoms with Crippen molar-refractivity contribution in [1.29, 1.82) is 0 Å². The van der Waals surface area contributed by atoms with Gasteiger partial charge in [0.2, 0.25) is 0 Å². The van der Waals surface area contributed by atoms with E-state index in [0.29, 0.717) is 13.1 Å². The molecule has 3 atom stereocenters. The van der Waals surface area contributed by atoms with E-state index in [1.165, 1.54) is 0 Å². The van der Waals surface area contributed by atoms with Crippen molar-refractivity contribution in [3.8, 4) is 0 Å². The molecule has 0 radical (unpaired) electrons. The standard InChI is InChI=1S/C24H30N4OS/c1-18-15-19(2)23(27-16-18)17-28-22(12-8-13-25)24(21-11-6-7-14-26-21)30(29)20-9-4-3-5-10-20/h3-7,9-11,14-16,22,24,28H,8,12-13,17,25H2,1-2H3. The highest BCUT2D eigenvalue weighted by Gasteiger charge is 2.30. The maximum absolute atomic E-state index is 13.7. The van der Waals surface area contributed by atoms with Crippen molar-refractivity contribution < 1.29 is 4.21 Å². The van der Waals surface area contributed by atoms with Crippen molar-refractivity contribution >= 4 is 10.8 Å². The van der Waals surface area contributed by atoms with Crippen molar-refractivity contribution in [2.75, 3.05) is 6.54 Å². The first-order valence-electron chi connectivity index (χ1n) is 10.3. The largest absolute Gasteiger partial charge is 0.330 e. The molecule has 3 aromatic rings. The van der Waals surface area contributed by atoms with Crippen molar-refractivity contribution in [2.24, 2.45) is 5.73 Å². The van der Waals surface area contributed by atoms with Crippen LogP contribution in [0.25, 0.3) is 0 Å². The molecule has 0 amide bonds. The number of aromatic nitrogens is 2. The molecule has 0 saturated heterocycles. The summed E-state index contributed by atoms with van der Waals surface area (Å²) >= 11 is 0. The lowest BCUT2D eigenvalue weighted by atomic mass is 10.0. The summed E-state index contributed by atoms with van der Waals surface area (Å²) in [5.74, 6) is 0. The van der Waals surface area contributed by atoms with Crippen LogP contribution in [0.2, 0.25) is 0 Å². The predicted molar refractivity (Wildman–Crippen MR) is 122 cm³/mol. The number of benzene rings is 1. The molecule has 3 N–H and O–H groups in total. The number of aryl methyl sites for hydroxylation is 2. The van der Waals surface area contributed by atoms with E-state index < -0.39 is 10.8 Å². The van der Waals surface area contributed by atoms with Crippen LogP contribution in [0.3, 0.4) is 0 Å². The molecule has 2 aromatic heterocycles. The van der Waals surface area contributed by atoms with E-state index in [4.69, 9.17) is 5.73 Å². The third-order valence-corrected chi connectivity index (χ3v) is 6.89. The monoisotopic (exact) mass is 422 g/mol. The molecule has 158 valence electrons. The van der Waals surface area contributed by atoms with E-state index in [0.717, 1.165) is 40.3 Å². The lowest BCUT2D eigenvalue weighted by molar-refractivity contribution is 0.446. The number of rotatable bonds is 10. The van der Waals surface area contributed by atoms with E-state index in [-0.39, 0.29) is 11.3 Å². The summed E-state index contributed by atoms with van der Waals surface area (Å²) in [6, 6.07) is 17.5. The zero-order valence-electron chi connectivity index (χ0n) is 17.6. The van der Waals surface area contributed by atoms with Gasteiger partial charge in [-0.3, -0.25) is 14.2 Å². The summed E-state index contributed by atoms with van der Waals surface area (Å²) in [5.41, 5.74) is 9.94. The Hall–Kier alpha value is -2.41. The first-order valence-corrected chi connectivity index (χ1v) is 11.5. The van der Waals surface area contributed by atoms with Crippen LogP contribution in [-0.4, -0.2) is 26.8 Å². The Morgan fingerprint density at radius 1 is 1.07 bits per heavy atom. The summed E-state index contributed by atoms with van der Waals surface area (Å²) in [6.07, 6.45) is 5.29. The molecule has 3 unspecified atom stereocenters. The Kier molecular flexibility index (Phi) is 8.25. The molecule has 3 rings (SSSR count). The fraction of sp³-hybridized carbons (Fsp3) is 0.333. The molecule has 0 saturated carbocycles. The molecule has 0 aliphatic carbocycles. The van der Waals surface area contributed by atoms with E-state index >= 15 is 0 Å². The second kappa shape index (κ2) is 11.1. The van der Waals surface area contributed by atoms with Gasteiger partial charge in [-0.2, -0.15) is 0 Å². The van der Waals surface area contributed by atoms with Gasteiger partial charge in [0.25, 0.3) is 0 Å². The lowest BCUT2D eigenvalue weighted by Crippen LogP contribution is -2.38. The number of hydrogen-bond donors (Lipinski definition) is 2. The Bertz CT molecular complexity index is 950. The van der Waals surface area contributed by atoms with Crippen LogP contribution in [-0.2, 0) is 17.3 Å². The number of hydrogen-bond acceptors (Lipinski definition) is 5. The van der Waals surface area contributed by atoms with Gasteiger partial charge in [-0.25, -0.2) is 0 Å². The van der Waals surface area contributed by atoms with Crippen LogP contribution in [0.4, 0.5) is 0 Å². The van der Waals surface area contributed by atoms with Gasteiger partial charge in [-0.05, 0) is 68.6 Å². The summed E-state index contributed by atoms with van der Waals surface area (Å²) in [4.78, 5) is 9.95. The van der Waals surface area contributed by atoms with E-state index in [9.17, 15) is 4.21 Å². The Balaban J connectivity index is 1.91. The van der Waals surface area contributed by atoms with Crippen LogP contribution in [0.1, 0.15) is 40.6 Å². The average Bonchev–Trinajstić information content (AvgIpc) is 2.77. The minimum atomic E-state index is -1.26. The fourth-order valence-electron chi connectivity index (χ4n) is 3.57. The van der Waals surface area contributed by atoms with Crippen LogP contribution >= 0.6 is 0 Å². The summed E-state index contributed by atoms with van der Waals surface area (Å²) in [6.45, 7) is 5.31. The average molecular weight is 423 g/mol. The summed E-state index contributed by atoms with van der Waals surface area (Å²) in [7, 11) is -1.26. The van der Waals surface area contributed by atoms with Crippen LogP contribution in [0, 0.1) is 13.8 Å². The zero-order chi connectivity index (χ0) is 21.3. The van der Waals surface area contributed by atoms with Crippen LogP contribution in [0.15, 0.2) is 71.9 Å². The normalized spacial score (nSPS) is 14.2. The molecule has 0 fully saturated rings. The number of pyridine rings is 2. The van der Waals surface area contributed by atoms with Crippen molar-refractivity contribution in [3.63, 3.8) is 0 Å². The molecular formula is C24H30N4OS. The lowest BCUT2D eigenvalue weighted by Gasteiger charge is -2.28. The van der Waals surface area contributed by atoms with Crippen molar-refractivity contribution in [2.45, 2.75) is 49.4 Å². The van der Waals surface area contributed by atoms with E-state index in [1.807, 2.05) is 61.7 Å². The topological polar surface area (TPSA) is 80.9 Å². The number of nitrogens with one attached hydrogen (secondary N) is 1. The van der Waals surface area contributed by atoms with Gasteiger partial charge in [0.1, 0.15) is 0 Å². The SMILES string of the molecule is Cc1cnc(CNC(CCCN)C(c2ccccn2)S(=O)c2ccccc2)c(C)c1. The third-order valence-electron chi connectivity index (χ3n) is 5.13. The molecule has 2 heterocycles. The molecule has 1 aromatic carbocycles. The maximum Gasteiger partial charge on any atom is 0.0968 e. The highest BCUT2D eigenvalue weighted by molar-refractivity contribution is 7.85. The van der Waals surface area contributed by atoms with Crippen LogP contribution in [0.5, 0.6) is 0 Å². The van der Waals surface area contributed by atoms with E-state index in [1.54, 1.807) is 6.20 Å². The number of nitrogens with two attached hydrogens (primary N) is 1. The molecule has 0 aliphatic heterocycles. The first-order chi connectivity index (χ1) is 14.6. The first kappa shape index (κ1) is 22.3. The molecule has 0 bridgehead atoms. The van der Waals surface area contributed by atoms with Gasteiger partial charge in [-0.15, -0.1) is 0 Å².